The normalized spacial score (nSPS) is 48.2. The van der Waals surface area contributed by atoms with E-state index in [1.165, 1.54) is 13.8 Å². The summed E-state index contributed by atoms with van der Waals surface area (Å²) in [6.45, 7) is -2.19. The summed E-state index contributed by atoms with van der Waals surface area (Å²) in [6.07, 6.45) is -89.7. The lowest BCUT2D eigenvalue weighted by atomic mass is 9.87. The van der Waals surface area contributed by atoms with Gasteiger partial charge in [-0.1, -0.05) is 0 Å². The number of hydrogen-bond donors (Lipinski definition) is 28. The van der Waals surface area contributed by atoms with E-state index in [4.69, 9.17) is 85.3 Å². The standard InChI is InChI=1S/C65H107N3O48/c1-15-32(80)39(87)44(92)59(100-15)112-52-31(68-19(5)77)57(106-27(13-74)50(52)111-63-55(41(89)35(83)23(9-70)105-63)114-60-45(93)40(88)33(81)16(2)101-60)99-14-28-37(85)53(46(94)61(108-28)110-49-25(11-72)103-56(96)43(91)42(49)90)113-58-30(67-18(4)76)38(86)48(26(12-73)107-58)109-62-47(95)54(36(84)24(10-71)104-62)116-65(64(97)98)7-22(102-20(6)78)29(66-17(3)75)51(115-65)34(82)21(79)8-69/h15-16,21-63,69-74,79-96H,7-14H2,1-6H3,(H,66,75)(H,67,76)(H,68,77)(H,97,98)/t15-,16-,21+,22-,23+,24+,25+,26+,27+,28+,29+,30+,31+,32+,33+,34+,35-,36-,37-,38+,39+,40+,41-,42+,43+,44-,45-,46+,47+,48+,49+,50+,51+,52+,53-,54-,55+,56?,57+,58-,59-,60-,61-,62-,63-,65-/m0/s1. The molecule has 51 heteroatoms. The molecule has 9 rings (SSSR count). The largest absolute Gasteiger partial charge is 0.477 e. The zero-order chi connectivity index (χ0) is 85.9. The van der Waals surface area contributed by atoms with Gasteiger partial charge in [0.05, 0.1) is 70.9 Å². The van der Waals surface area contributed by atoms with E-state index in [0.29, 0.717) is 0 Å². The Balaban J connectivity index is 1.04. The topological polar surface area (TPSA) is 793 Å². The van der Waals surface area contributed by atoms with E-state index in [2.05, 4.69) is 16.0 Å². The summed E-state index contributed by atoms with van der Waals surface area (Å²) < 4.78 is 106. The molecular weight excluding hydrogens is 1590 g/mol. The van der Waals surface area contributed by atoms with Crippen molar-refractivity contribution in [1.29, 1.82) is 0 Å². The maximum absolute atomic E-state index is 13.5. The molecule has 28 N–H and O–H groups in total. The second kappa shape index (κ2) is 40.8. The molecule has 0 aliphatic carbocycles. The van der Waals surface area contributed by atoms with Crippen LogP contribution in [-0.2, 0) is 109 Å². The minimum Gasteiger partial charge on any atom is -0.477 e. The highest BCUT2D eigenvalue weighted by Crippen LogP contribution is 2.43. The predicted molar refractivity (Wildman–Crippen MR) is 356 cm³/mol. The van der Waals surface area contributed by atoms with Gasteiger partial charge in [0.2, 0.25) is 17.7 Å². The van der Waals surface area contributed by atoms with Crippen molar-refractivity contribution >= 4 is 29.7 Å². The van der Waals surface area contributed by atoms with Gasteiger partial charge in [0, 0.05) is 27.7 Å². The first-order chi connectivity index (χ1) is 54.6. The van der Waals surface area contributed by atoms with Gasteiger partial charge in [0.25, 0.3) is 5.79 Å². The average Bonchev–Trinajstić information content (AvgIpc) is 0.749. The molecule has 0 bridgehead atoms. The molecule has 9 fully saturated rings. The molecule has 0 aromatic carbocycles. The van der Waals surface area contributed by atoms with Crippen LogP contribution in [0.3, 0.4) is 0 Å². The van der Waals surface area contributed by atoms with Crippen LogP contribution in [0.25, 0.3) is 0 Å². The molecule has 0 radical (unpaired) electrons. The maximum atomic E-state index is 13.5. The third-order valence-corrected chi connectivity index (χ3v) is 21.1. The number of esters is 1. The van der Waals surface area contributed by atoms with Crippen LogP contribution < -0.4 is 16.0 Å². The Hall–Kier alpha value is -4.29. The molecule has 0 saturated carbocycles. The summed E-state index contributed by atoms with van der Waals surface area (Å²) in [7, 11) is 0. The molecule has 9 saturated heterocycles. The van der Waals surface area contributed by atoms with Crippen LogP contribution in [0.4, 0.5) is 0 Å². The van der Waals surface area contributed by atoms with Crippen LogP contribution in [0, 0.1) is 0 Å². The van der Waals surface area contributed by atoms with Crippen molar-refractivity contribution in [3.63, 3.8) is 0 Å². The lowest BCUT2D eigenvalue weighted by Gasteiger charge is -2.52. The van der Waals surface area contributed by atoms with Gasteiger partial charge in [-0.05, 0) is 13.8 Å². The molecule has 46 atom stereocenters. The van der Waals surface area contributed by atoms with E-state index in [1.54, 1.807) is 0 Å². The van der Waals surface area contributed by atoms with E-state index < -0.39 is 364 Å². The van der Waals surface area contributed by atoms with Gasteiger partial charge in [-0.15, -0.1) is 0 Å². The summed E-state index contributed by atoms with van der Waals surface area (Å²) in [6, 6.07) is -5.81. The molecule has 9 aliphatic heterocycles. The Morgan fingerprint density at radius 1 is 0.388 bits per heavy atom. The molecule has 1 unspecified atom stereocenters. The van der Waals surface area contributed by atoms with Crippen LogP contribution >= 0.6 is 0 Å². The van der Waals surface area contributed by atoms with E-state index >= 15 is 0 Å². The number of rotatable bonds is 30. The number of amides is 3. The minimum absolute atomic E-state index is 0.858. The fourth-order valence-corrected chi connectivity index (χ4v) is 15.0. The van der Waals surface area contributed by atoms with Gasteiger partial charge in [-0.3, -0.25) is 19.2 Å². The SMILES string of the molecule is CC(=O)N[C@H]1[C@H](O[C@H]2[C@@H](O)[C@@H](CO[C@@H]3O[C@H](CO)[C@@H](O[C@@H]4O[C@H](CO)[C@H](O)[C@H](O)[C@H]4O[C@@H]4O[C@@H](C)[C@@H](O)[C@@H](O)[C@@H]4O)[C@H](O[C@@H]4O[C@@H](C)[C@@H](O)[C@@H](O)[C@@H]4O)[C@H]3NC(C)=O)O[C@@H](O[C@H]3[C@H](O)[C@@H](O)C(O)O[C@@H]3CO)[C@@H]2O)O[C@H](CO)[C@@H](O[C@@H]2O[C@H](CO)[C@H](O)[C@H](O[C@]3(C(=O)O)C[C@H](OC(C)=O)[C@@H](NC(C)=O)[C@H]([C@H](O)[C@H](O)CO)O3)[C@H]2O)[C@@H]1O. The van der Waals surface area contributed by atoms with Gasteiger partial charge in [-0.25, -0.2) is 4.79 Å². The number of nitrogens with one attached hydrogen (secondary N) is 3. The van der Waals surface area contributed by atoms with Crippen LogP contribution in [0.2, 0.25) is 0 Å². The number of carbonyl (C=O) groups is 5. The third kappa shape index (κ3) is 20.8. The number of hydrogen-bond acceptors (Lipinski definition) is 47. The number of aliphatic carboxylic acids is 1. The van der Waals surface area contributed by atoms with E-state index in [9.17, 15) is 152 Å². The fraction of sp³-hybridized carbons (Fsp3) is 0.923. The first kappa shape index (κ1) is 95.5. The molecular formula is C65H107N3O48. The zero-order valence-electron chi connectivity index (χ0n) is 62.7. The predicted octanol–water partition coefficient (Wildman–Crippen LogP) is -18.4. The molecule has 0 aromatic rings. The Labute approximate surface area is 656 Å². The number of carbonyl (C=O) groups excluding carboxylic acids is 4. The summed E-state index contributed by atoms with van der Waals surface area (Å²) in [5, 5.41) is 285. The van der Waals surface area contributed by atoms with E-state index in [0.717, 1.165) is 27.7 Å². The Kier molecular flexibility index (Phi) is 33.6. The third-order valence-electron chi connectivity index (χ3n) is 21.1. The van der Waals surface area contributed by atoms with Crippen LogP contribution in [0.1, 0.15) is 48.0 Å². The van der Waals surface area contributed by atoms with Gasteiger partial charge < -0.3 is 229 Å². The number of carboxylic acid groups (broad SMARTS) is 1. The summed E-state index contributed by atoms with van der Waals surface area (Å²) in [5.41, 5.74) is 0. The molecule has 3 amide bonds. The lowest BCUT2D eigenvalue weighted by molar-refractivity contribution is -0.397. The molecule has 0 aromatic heterocycles. The molecule has 9 heterocycles. The molecule has 51 nitrogen and oxygen atoms in total. The van der Waals surface area contributed by atoms with Gasteiger partial charge >= 0.3 is 11.9 Å². The number of ether oxygens (including phenoxy) is 18. The first-order valence-electron chi connectivity index (χ1n) is 36.9. The summed E-state index contributed by atoms with van der Waals surface area (Å²) in [4.78, 5) is 65.2. The Bertz CT molecular complexity index is 3170. The highest BCUT2D eigenvalue weighted by Gasteiger charge is 2.64. The monoisotopic (exact) mass is 1700 g/mol. The van der Waals surface area contributed by atoms with Crippen molar-refractivity contribution in [2.45, 2.75) is 330 Å². The average molecular weight is 1700 g/mol. The molecule has 670 valence electrons. The second-order valence-corrected chi connectivity index (χ2v) is 29.4. The quantitative estimate of drug-likeness (QED) is 0.0297. The zero-order valence-corrected chi connectivity index (χ0v) is 62.7. The van der Waals surface area contributed by atoms with Crippen molar-refractivity contribution < 1.29 is 237 Å². The minimum atomic E-state index is -3.33. The maximum Gasteiger partial charge on any atom is 0.364 e. The van der Waals surface area contributed by atoms with Crippen molar-refractivity contribution in [2.24, 2.45) is 0 Å². The number of aliphatic hydroxyl groups excluding tert-OH is 24. The van der Waals surface area contributed by atoms with Crippen LogP contribution in [0.5, 0.6) is 0 Å². The molecule has 9 aliphatic rings. The smallest absolute Gasteiger partial charge is 0.364 e. The van der Waals surface area contributed by atoms with Gasteiger partial charge in [0.1, 0.15) is 207 Å². The van der Waals surface area contributed by atoms with Gasteiger partial charge in [-0.2, -0.15) is 0 Å². The first-order valence-corrected chi connectivity index (χ1v) is 36.9. The molecule has 116 heavy (non-hydrogen) atoms. The van der Waals surface area contributed by atoms with Crippen molar-refractivity contribution in [3.8, 4) is 0 Å². The Morgan fingerprint density at radius 3 is 1.33 bits per heavy atom. The van der Waals surface area contributed by atoms with Crippen LogP contribution in [0.15, 0.2) is 0 Å². The Morgan fingerprint density at radius 2 is 0.802 bits per heavy atom. The molecule has 0 spiro atoms. The van der Waals surface area contributed by atoms with Crippen LogP contribution in [-0.4, -0.2) is 485 Å². The fourth-order valence-electron chi connectivity index (χ4n) is 15.0. The van der Waals surface area contributed by atoms with Gasteiger partial charge in [0.15, 0.2) is 50.3 Å². The lowest BCUT2D eigenvalue weighted by Crippen LogP contribution is -2.71. The van der Waals surface area contributed by atoms with E-state index in [-0.39, 0.29) is 0 Å². The van der Waals surface area contributed by atoms with E-state index in [1.807, 2.05) is 0 Å². The van der Waals surface area contributed by atoms with Crippen molar-refractivity contribution in [1.82, 2.24) is 16.0 Å². The van der Waals surface area contributed by atoms with Crippen molar-refractivity contribution in [2.75, 3.05) is 46.2 Å². The second-order valence-electron chi connectivity index (χ2n) is 29.4. The summed E-state index contributed by atoms with van der Waals surface area (Å²) >= 11 is 0. The summed E-state index contributed by atoms with van der Waals surface area (Å²) in [5.74, 6) is -9.54. The number of carboxylic acids is 1. The number of aliphatic hydroxyl groups is 24. The van der Waals surface area contributed by atoms with Crippen molar-refractivity contribution in [3.05, 3.63) is 0 Å². The highest BCUT2D eigenvalue weighted by atomic mass is 16.8. The highest BCUT2D eigenvalue weighted by molar-refractivity contribution is 5.77.